The molecule has 2 heterocycles. The number of nitrogens with zero attached hydrogens (tertiary/aromatic N) is 4. The van der Waals surface area contributed by atoms with Gasteiger partial charge in [-0.25, -0.2) is 13.4 Å². The Bertz CT molecular complexity index is 1010. The molecular formula is C16H20ClN5O5S. The van der Waals surface area contributed by atoms with Crippen molar-refractivity contribution in [2.75, 3.05) is 25.9 Å². The Kier molecular flexibility index (Phi) is 6.42. The number of non-ortho nitro benzene ring substituents is 1. The molecule has 0 spiro atoms. The van der Waals surface area contributed by atoms with Gasteiger partial charge in [0.2, 0.25) is 0 Å². The molecule has 10 nitrogen and oxygen atoms in total. The molecule has 2 aromatic rings. The van der Waals surface area contributed by atoms with E-state index in [0.717, 1.165) is 18.4 Å². The monoisotopic (exact) mass is 429 g/mol. The van der Waals surface area contributed by atoms with Gasteiger partial charge in [-0.15, -0.1) is 12.4 Å². The molecule has 0 saturated carbocycles. The Morgan fingerprint density at radius 3 is 2.64 bits per heavy atom. The summed E-state index contributed by atoms with van der Waals surface area (Å²) in [6.07, 6.45) is 4.34. The summed E-state index contributed by atoms with van der Waals surface area (Å²) in [7, 11) is -1.90. The predicted octanol–water partition coefficient (Wildman–Crippen LogP) is 0.940. The van der Waals surface area contributed by atoms with Crippen LogP contribution in [-0.4, -0.2) is 59.6 Å². The topological polar surface area (TPSA) is 127 Å². The number of sulfone groups is 1. The first-order valence-electron chi connectivity index (χ1n) is 8.17. The molecule has 1 aliphatic rings. The number of aromatic nitrogens is 2. The summed E-state index contributed by atoms with van der Waals surface area (Å²) in [5, 5.41) is 14.4. The standard InChI is InChI=1S/C16H19N5O5S.ClH/c1-19-5-4-18-15(19)14-10-17-3-6-20(14)16(22)11-7-12(21(23)24)9-13(8-11)27(2,25)26;/h4-5,7-9,14,17H,3,6,10H2,1-2H3;1H. The first-order chi connectivity index (χ1) is 12.7. The summed E-state index contributed by atoms with van der Waals surface area (Å²) >= 11 is 0. The fourth-order valence-corrected chi connectivity index (χ4v) is 3.74. The van der Waals surface area contributed by atoms with Crippen molar-refractivity contribution >= 4 is 33.8 Å². The SMILES string of the molecule is Cl.Cn1ccnc1C1CNCCN1C(=O)c1cc([N+](=O)[O-])cc(S(C)(=O)=O)c1. The zero-order valence-electron chi connectivity index (χ0n) is 15.2. The Balaban J connectivity index is 0.00000280. The van der Waals surface area contributed by atoms with E-state index in [1.165, 1.54) is 6.07 Å². The van der Waals surface area contributed by atoms with Crippen molar-refractivity contribution in [2.45, 2.75) is 10.9 Å². The molecule has 1 fully saturated rings. The number of amides is 1. The molecule has 1 atom stereocenters. The summed E-state index contributed by atoms with van der Waals surface area (Å²) < 4.78 is 25.6. The zero-order chi connectivity index (χ0) is 19.8. The molecule has 12 heteroatoms. The molecule has 1 aromatic carbocycles. The fourth-order valence-electron chi connectivity index (χ4n) is 3.07. The first-order valence-corrected chi connectivity index (χ1v) is 10.1. The van der Waals surface area contributed by atoms with Crippen LogP contribution in [0.25, 0.3) is 0 Å². The van der Waals surface area contributed by atoms with E-state index in [0.29, 0.717) is 25.5 Å². The number of aryl methyl sites for hydroxylation is 1. The molecule has 3 rings (SSSR count). The van der Waals surface area contributed by atoms with E-state index in [1.807, 2.05) is 7.05 Å². The highest BCUT2D eigenvalue weighted by Crippen LogP contribution is 2.26. The molecule has 0 aliphatic carbocycles. The molecule has 1 N–H and O–H groups in total. The number of nitro groups is 1. The van der Waals surface area contributed by atoms with Crippen molar-refractivity contribution in [2.24, 2.45) is 7.05 Å². The second kappa shape index (κ2) is 8.25. The van der Waals surface area contributed by atoms with Crippen molar-refractivity contribution in [1.82, 2.24) is 19.8 Å². The van der Waals surface area contributed by atoms with E-state index < -0.39 is 26.4 Å². The van der Waals surface area contributed by atoms with E-state index >= 15 is 0 Å². The average molecular weight is 430 g/mol. The summed E-state index contributed by atoms with van der Waals surface area (Å²) in [5.74, 6) is 0.197. The van der Waals surface area contributed by atoms with Gasteiger partial charge in [-0.2, -0.15) is 0 Å². The van der Waals surface area contributed by atoms with E-state index in [4.69, 9.17) is 0 Å². The van der Waals surface area contributed by atoms with Gasteiger partial charge in [0.05, 0.1) is 9.82 Å². The Labute approximate surface area is 168 Å². The number of nitrogens with one attached hydrogen (secondary N) is 1. The van der Waals surface area contributed by atoms with Crippen molar-refractivity contribution in [3.63, 3.8) is 0 Å². The van der Waals surface area contributed by atoms with Gasteiger partial charge in [0.25, 0.3) is 11.6 Å². The van der Waals surface area contributed by atoms with Crippen molar-refractivity contribution < 1.29 is 18.1 Å². The van der Waals surface area contributed by atoms with Crippen LogP contribution in [0.15, 0.2) is 35.5 Å². The number of benzene rings is 1. The van der Waals surface area contributed by atoms with Gasteiger partial charge in [0.1, 0.15) is 11.9 Å². The molecule has 28 heavy (non-hydrogen) atoms. The predicted molar refractivity (Wildman–Crippen MR) is 103 cm³/mol. The van der Waals surface area contributed by atoms with Gasteiger partial charge in [-0.3, -0.25) is 14.9 Å². The average Bonchev–Trinajstić information content (AvgIpc) is 3.05. The third kappa shape index (κ3) is 4.32. The van der Waals surface area contributed by atoms with Gasteiger partial charge >= 0.3 is 0 Å². The summed E-state index contributed by atoms with van der Waals surface area (Å²) in [6, 6.07) is 2.88. The quantitative estimate of drug-likeness (QED) is 0.565. The van der Waals surface area contributed by atoms with Crippen molar-refractivity contribution in [1.29, 1.82) is 0 Å². The number of piperazine rings is 1. The number of halogens is 1. The highest BCUT2D eigenvalue weighted by molar-refractivity contribution is 7.90. The third-order valence-corrected chi connectivity index (χ3v) is 5.53. The van der Waals surface area contributed by atoms with Gasteiger partial charge in [0.15, 0.2) is 9.84 Å². The summed E-state index contributed by atoms with van der Waals surface area (Å²) in [5.41, 5.74) is -0.476. The van der Waals surface area contributed by atoms with E-state index in [9.17, 15) is 23.3 Å². The lowest BCUT2D eigenvalue weighted by Crippen LogP contribution is -2.49. The second-order valence-corrected chi connectivity index (χ2v) is 8.38. The maximum Gasteiger partial charge on any atom is 0.271 e. The Hall–Kier alpha value is -2.50. The number of imidazole rings is 1. The van der Waals surface area contributed by atoms with E-state index in [2.05, 4.69) is 10.3 Å². The van der Waals surface area contributed by atoms with Crippen LogP contribution in [0.5, 0.6) is 0 Å². The smallest absolute Gasteiger partial charge is 0.271 e. The second-order valence-electron chi connectivity index (χ2n) is 6.36. The van der Waals surface area contributed by atoms with Crippen LogP contribution in [0, 0.1) is 10.1 Å². The highest BCUT2D eigenvalue weighted by Gasteiger charge is 2.32. The Morgan fingerprint density at radius 1 is 1.36 bits per heavy atom. The van der Waals surface area contributed by atoms with E-state index in [-0.39, 0.29) is 28.9 Å². The van der Waals surface area contributed by atoms with Crippen LogP contribution >= 0.6 is 12.4 Å². The molecule has 1 amide bonds. The zero-order valence-corrected chi connectivity index (χ0v) is 16.9. The highest BCUT2D eigenvalue weighted by atomic mass is 35.5. The lowest BCUT2D eigenvalue weighted by atomic mass is 10.1. The number of nitro benzene ring substituents is 1. The van der Waals surface area contributed by atoms with Gasteiger partial charge < -0.3 is 14.8 Å². The molecule has 0 radical (unpaired) electrons. The van der Waals surface area contributed by atoms with Crippen molar-refractivity contribution in [3.05, 3.63) is 52.1 Å². The van der Waals surface area contributed by atoms with Gasteiger partial charge in [-0.05, 0) is 6.07 Å². The van der Waals surface area contributed by atoms with Crippen LogP contribution in [0.4, 0.5) is 5.69 Å². The molecule has 152 valence electrons. The first kappa shape index (κ1) is 21.8. The molecule has 1 aromatic heterocycles. The minimum atomic E-state index is -3.71. The Morgan fingerprint density at radius 2 is 2.07 bits per heavy atom. The molecule has 1 unspecified atom stereocenters. The van der Waals surface area contributed by atoms with Crippen molar-refractivity contribution in [3.8, 4) is 0 Å². The third-order valence-electron chi connectivity index (χ3n) is 4.44. The molecule has 1 saturated heterocycles. The van der Waals surface area contributed by atoms with Crippen LogP contribution in [0.3, 0.4) is 0 Å². The summed E-state index contributed by atoms with van der Waals surface area (Å²) in [6.45, 7) is 1.40. The van der Waals surface area contributed by atoms with Crippen LogP contribution in [0.2, 0.25) is 0 Å². The lowest BCUT2D eigenvalue weighted by molar-refractivity contribution is -0.385. The number of rotatable bonds is 4. The van der Waals surface area contributed by atoms with Crippen LogP contribution in [0.1, 0.15) is 22.2 Å². The van der Waals surface area contributed by atoms with Crippen LogP contribution < -0.4 is 5.32 Å². The minimum absolute atomic E-state index is 0. The summed E-state index contributed by atoms with van der Waals surface area (Å²) in [4.78, 5) is 29.2. The maximum absolute atomic E-state index is 13.1. The minimum Gasteiger partial charge on any atom is -0.336 e. The maximum atomic E-state index is 13.1. The normalized spacial score (nSPS) is 17.1. The number of carbonyl (C=O) groups excluding carboxylic acids is 1. The van der Waals surface area contributed by atoms with Gasteiger partial charge in [0, 0.05) is 63.0 Å². The number of hydrogen-bond donors (Lipinski definition) is 1. The largest absolute Gasteiger partial charge is 0.336 e. The number of carbonyl (C=O) groups is 1. The lowest BCUT2D eigenvalue weighted by Gasteiger charge is -2.35. The molecular weight excluding hydrogens is 410 g/mol. The molecule has 0 bridgehead atoms. The van der Waals surface area contributed by atoms with Crippen LogP contribution in [-0.2, 0) is 16.9 Å². The molecule has 1 aliphatic heterocycles. The fraction of sp³-hybridized carbons (Fsp3) is 0.375. The number of hydrogen-bond acceptors (Lipinski definition) is 7. The van der Waals surface area contributed by atoms with Gasteiger partial charge in [-0.1, -0.05) is 0 Å². The van der Waals surface area contributed by atoms with E-state index in [1.54, 1.807) is 21.9 Å².